The largest absolute Gasteiger partial charge is 0.459 e. The minimum absolute atomic E-state index is 0.0886. The smallest absolute Gasteiger partial charge is 0.328 e. The molecule has 3 aromatic rings. The number of rotatable bonds is 7. The molecule has 0 radical (unpaired) electrons. The number of esters is 1. The van der Waals surface area contributed by atoms with E-state index in [2.05, 4.69) is 21.2 Å². The van der Waals surface area contributed by atoms with Gasteiger partial charge < -0.3 is 19.0 Å². The molecule has 1 aromatic carbocycles. The second kappa shape index (κ2) is 9.13. The Morgan fingerprint density at radius 2 is 1.93 bits per heavy atom. The minimum atomic E-state index is -0.926. The first-order chi connectivity index (χ1) is 14.3. The van der Waals surface area contributed by atoms with E-state index in [0.717, 1.165) is 21.5 Å². The number of nitrogens with zero attached hydrogens (tertiary/aromatic N) is 1. The topological polar surface area (TPSA) is 90.5 Å². The van der Waals surface area contributed by atoms with Crippen LogP contribution in [-0.2, 0) is 9.53 Å². The molecule has 3 rings (SSSR count). The molecule has 0 aliphatic heterocycles. The van der Waals surface area contributed by atoms with Gasteiger partial charge in [0.05, 0.1) is 6.26 Å². The zero-order valence-corrected chi connectivity index (χ0v) is 18.4. The second-order valence-electron chi connectivity index (χ2n) is 6.80. The van der Waals surface area contributed by atoms with Crippen LogP contribution >= 0.6 is 15.9 Å². The maximum atomic E-state index is 12.7. The number of hydrogen-bond acceptors (Lipinski definition) is 5. The highest BCUT2D eigenvalue weighted by Gasteiger charge is 2.22. The van der Waals surface area contributed by atoms with Crippen molar-refractivity contribution in [2.24, 2.45) is 0 Å². The van der Waals surface area contributed by atoms with E-state index in [1.165, 1.54) is 19.3 Å². The van der Waals surface area contributed by atoms with E-state index in [-0.39, 0.29) is 11.5 Å². The molecule has 30 heavy (non-hydrogen) atoms. The lowest BCUT2D eigenvalue weighted by molar-refractivity contribution is -0.144. The fraction of sp³-hybridized carbons (Fsp3) is 0.227. The maximum Gasteiger partial charge on any atom is 0.328 e. The summed E-state index contributed by atoms with van der Waals surface area (Å²) in [7, 11) is 0. The Bertz CT molecular complexity index is 1090. The lowest BCUT2D eigenvalue weighted by Gasteiger charge is -2.12. The van der Waals surface area contributed by atoms with E-state index in [9.17, 15) is 14.4 Å². The highest BCUT2D eigenvalue weighted by atomic mass is 79.9. The van der Waals surface area contributed by atoms with Crippen LogP contribution in [0, 0.1) is 13.8 Å². The third kappa shape index (κ3) is 4.71. The van der Waals surface area contributed by atoms with E-state index in [0.29, 0.717) is 5.56 Å². The van der Waals surface area contributed by atoms with Gasteiger partial charge in [-0.05, 0) is 57.2 Å². The van der Waals surface area contributed by atoms with Gasteiger partial charge in [0.2, 0.25) is 5.78 Å². The molecule has 0 saturated heterocycles. The van der Waals surface area contributed by atoms with Crippen LogP contribution in [-0.4, -0.2) is 34.9 Å². The average Bonchev–Trinajstić information content (AvgIpc) is 3.34. The lowest BCUT2D eigenvalue weighted by Crippen LogP contribution is -2.40. The molecule has 2 heterocycles. The molecule has 0 bridgehead atoms. The molecule has 0 saturated carbocycles. The number of furan rings is 1. The van der Waals surface area contributed by atoms with Gasteiger partial charge in [0.25, 0.3) is 5.91 Å². The number of halogens is 1. The van der Waals surface area contributed by atoms with Crippen molar-refractivity contribution in [2.45, 2.75) is 26.8 Å². The number of aromatic nitrogens is 1. The van der Waals surface area contributed by atoms with Gasteiger partial charge in [-0.1, -0.05) is 22.0 Å². The van der Waals surface area contributed by atoms with Crippen molar-refractivity contribution in [1.29, 1.82) is 0 Å². The first-order valence-corrected chi connectivity index (χ1v) is 10.1. The number of hydrogen-bond donors (Lipinski definition) is 1. The van der Waals surface area contributed by atoms with Gasteiger partial charge in [-0.25, -0.2) is 4.79 Å². The van der Waals surface area contributed by atoms with Crippen molar-refractivity contribution >= 4 is 33.6 Å². The van der Waals surface area contributed by atoms with Gasteiger partial charge in [-0.2, -0.15) is 0 Å². The Morgan fingerprint density at radius 3 is 2.60 bits per heavy atom. The lowest BCUT2D eigenvalue weighted by atomic mass is 10.1. The zero-order valence-electron chi connectivity index (χ0n) is 16.8. The average molecular weight is 473 g/mol. The second-order valence-corrected chi connectivity index (χ2v) is 7.72. The summed E-state index contributed by atoms with van der Waals surface area (Å²) in [6, 6.07) is 11.6. The number of ketones is 1. The predicted molar refractivity (Wildman–Crippen MR) is 114 cm³/mol. The molecule has 1 amide bonds. The van der Waals surface area contributed by atoms with Crippen LogP contribution in [0.1, 0.15) is 39.2 Å². The van der Waals surface area contributed by atoms with E-state index in [1.54, 1.807) is 12.1 Å². The summed E-state index contributed by atoms with van der Waals surface area (Å²) in [5, 5.41) is 2.47. The number of Topliss-reactive ketones (excluding diaryl/α,β-unsaturated/α-hetero) is 1. The van der Waals surface area contributed by atoms with Gasteiger partial charge in [0.15, 0.2) is 12.4 Å². The van der Waals surface area contributed by atoms with Gasteiger partial charge in [-0.15, -0.1) is 0 Å². The van der Waals surface area contributed by atoms with Crippen LogP contribution in [0.5, 0.6) is 0 Å². The highest BCUT2D eigenvalue weighted by Crippen LogP contribution is 2.23. The first-order valence-electron chi connectivity index (χ1n) is 9.27. The minimum Gasteiger partial charge on any atom is -0.459 e. The Hall–Kier alpha value is -3.13. The monoisotopic (exact) mass is 472 g/mol. The molecule has 8 heteroatoms. The number of benzene rings is 1. The summed E-state index contributed by atoms with van der Waals surface area (Å²) in [4.78, 5) is 36.8. The summed E-state index contributed by atoms with van der Waals surface area (Å²) in [5.74, 6) is -1.47. The highest BCUT2D eigenvalue weighted by molar-refractivity contribution is 9.10. The normalized spacial score (nSPS) is 11.7. The molecule has 2 aromatic heterocycles. The summed E-state index contributed by atoms with van der Waals surface area (Å²) >= 11 is 3.45. The van der Waals surface area contributed by atoms with E-state index in [1.807, 2.05) is 42.7 Å². The molecular formula is C22H21BrN2O5. The molecule has 0 aliphatic carbocycles. The van der Waals surface area contributed by atoms with Gasteiger partial charge in [0.1, 0.15) is 6.04 Å². The van der Waals surface area contributed by atoms with Crippen LogP contribution in [0.3, 0.4) is 0 Å². The maximum absolute atomic E-state index is 12.7. The first kappa shape index (κ1) is 21.6. The van der Waals surface area contributed by atoms with Crippen molar-refractivity contribution < 1.29 is 23.5 Å². The van der Waals surface area contributed by atoms with Crippen molar-refractivity contribution in [3.63, 3.8) is 0 Å². The number of amides is 1. The Balaban J connectivity index is 1.64. The molecule has 7 nitrogen and oxygen atoms in total. The molecule has 1 atom stereocenters. The molecule has 0 unspecified atom stereocenters. The van der Waals surface area contributed by atoms with Crippen molar-refractivity contribution in [1.82, 2.24) is 9.88 Å². The predicted octanol–water partition coefficient (Wildman–Crippen LogP) is 3.99. The zero-order chi connectivity index (χ0) is 21.8. The molecule has 0 spiro atoms. The third-order valence-electron chi connectivity index (χ3n) is 4.59. The number of nitrogens with one attached hydrogen (secondary N) is 1. The molecule has 0 aliphatic rings. The van der Waals surface area contributed by atoms with Crippen LogP contribution in [0.4, 0.5) is 0 Å². The van der Waals surface area contributed by atoms with Crippen LogP contribution in [0.25, 0.3) is 5.69 Å². The van der Waals surface area contributed by atoms with Crippen LogP contribution in [0.15, 0.2) is 57.6 Å². The number of carbonyl (C=O) groups excluding carboxylic acids is 3. The van der Waals surface area contributed by atoms with Gasteiger partial charge >= 0.3 is 5.97 Å². The Kier molecular flexibility index (Phi) is 6.56. The van der Waals surface area contributed by atoms with Crippen LogP contribution in [0.2, 0.25) is 0 Å². The molecule has 156 valence electrons. The quantitative estimate of drug-likeness (QED) is 0.414. The number of carbonyl (C=O) groups is 3. The van der Waals surface area contributed by atoms with Gasteiger partial charge in [0, 0.05) is 27.1 Å². The molecule has 1 N–H and O–H groups in total. The summed E-state index contributed by atoms with van der Waals surface area (Å²) in [6.07, 6.45) is 1.36. The van der Waals surface area contributed by atoms with Crippen molar-refractivity contribution in [3.05, 3.63) is 75.9 Å². The Labute approximate surface area is 182 Å². The third-order valence-corrected chi connectivity index (χ3v) is 5.08. The standard InChI is InChI=1S/C22H21BrN2O5/c1-13-10-18(15(3)25(13)17-7-4-6-16(23)11-17)19(26)12-30-22(28)14(2)24-21(27)20-8-5-9-29-20/h4-11,14H,12H2,1-3H3,(H,24,27)/t14-/m1/s1. The summed E-state index contributed by atoms with van der Waals surface area (Å²) < 4.78 is 13.0. The fourth-order valence-corrected chi connectivity index (χ4v) is 3.52. The van der Waals surface area contributed by atoms with Crippen molar-refractivity contribution in [2.75, 3.05) is 6.61 Å². The van der Waals surface area contributed by atoms with E-state index < -0.39 is 24.5 Å². The number of ether oxygens (including phenoxy) is 1. The molecule has 0 fully saturated rings. The van der Waals surface area contributed by atoms with E-state index >= 15 is 0 Å². The number of aryl methyl sites for hydroxylation is 1. The summed E-state index contributed by atoms with van der Waals surface area (Å²) in [6.45, 7) is 4.81. The fourth-order valence-electron chi connectivity index (χ4n) is 3.13. The Morgan fingerprint density at radius 1 is 1.17 bits per heavy atom. The van der Waals surface area contributed by atoms with Crippen LogP contribution < -0.4 is 5.32 Å². The SMILES string of the molecule is Cc1cc(C(=O)COC(=O)[C@@H](C)NC(=O)c2ccco2)c(C)n1-c1cccc(Br)c1. The van der Waals surface area contributed by atoms with E-state index in [4.69, 9.17) is 9.15 Å². The van der Waals surface area contributed by atoms with Crippen molar-refractivity contribution in [3.8, 4) is 5.69 Å². The molecular weight excluding hydrogens is 452 g/mol. The summed E-state index contributed by atoms with van der Waals surface area (Å²) in [5.41, 5.74) is 3.04. The van der Waals surface area contributed by atoms with Gasteiger partial charge in [-0.3, -0.25) is 9.59 Å².